The van der Waals surface area contributed by atoms with Gasteiger partial charge in [0, 0.05) is 26.2 Å². The van der Waals surface area contributed by atoms with E-state index in [0.29, 0.717) is 11.3 Å². The van der Waals surface area contributed by atoms with Crippen LogP contribution in [-0.2, 0) is 21.4 Å². The van der Waals surface area contributed by atoms with Gasteiger partial charge in [-0.25, -0.2) is 17.5 Å². The average Bonchev–Trinajstić information content (AvgIpc) is 2.73. The lowest BCUT2D eigenvalue weighted by Crippen LogP contribution is -2.51. The van der Waals surface area contributed by atoms with Crippen molar-refractivity contribution in [1.82, 2.24) is 19.0 Å². The van der Waals surface area contributed by atoms with Gasteiger partial charge in [-0.3, -0.25) is 9.59 Å². The van der Waals surface area contributed by atoms with E-state index in [9.17, 15) is 27.7 Å². The SMILES string of the molecule is Cc1nn(CC(=O)N2CCN(S(=O)(=O)c3ccc(F)cc3)CC2)c(=O)c(C#N)c1C. The van der Waals surface area contributed by atoms with Gasteiger partial charge in [0.25, 0.3) is 5.56 Å². The van der Waals surface area contributed by atoms with Crippen LogP contribution in [0, 0.1) is 31.0 Å². The maximum atomic E-state index is 13.1. The number of hydrogen-bond donors (Lipinski definition) is 0. The number of piperazine rings is 1. The van der Waals surface area contributed by atoms with Crippen LogP contribution in [0.2, 0.25) is 0 Å². The van der Waals surface area contributed by atoms with Gasteiger partial charge in [-0.2, -0.15) is 14.7 Å². The molecule has 0 aliphatic carbocycles. The number of aromatic nitrogens is 2. The van der Waals surface area contributed by atoms with Crippen molar-refractivity contribution in [2.45, 2.75) is 25.3 Å². The molecule has 0 radical (unpaired) electrons. The lowest BCUT2D eigenvalue weighted by molar-refractivity contribution is -0.133. The number of carbonyl (C=O) groups excluding carboxylic acids is 1. The second-order valence-corrected chi connectivity index (χ2v) is 8.84. The number of nitriles is 1. The predicted molar refractivity (Wildman–Crippen MR) is 104 cm³/mol. The van der Waals surface area contributed by atoms with Gasteiger partial charge in [0.05, 0.1) is 10.6 Å². The zero-order valence-corrected chi connectivity index (χ0v) is 17.3. The first-order chi connectivity index (χ1) is 14.1. The first-order valence-electron chi connectivity index (χ1n) is 9.17. The van der Waals surface area contributed by atoms with Crippen LogP contribution in [0.5, 0.6) is 0 Å². The lowest BCUT2D eigenvalue weighted by Gasteiger charge is -2.34. The van der Waals surface area contributed by atoms with Crippen molar-refractivity contribution < 1.29 is 17.6 Å². The fourth-order valence-electron chi connectivity index (χ4n) is 3.17. The summed E-state index contributed by atoms with van der Waals surface area (Å²) >= 11 is 0. The van der Waals surface area contributed by atoms with E-state index in [0.717, 1.165) is 16.8 Å². The van der Waals surface area contributed by atoms with E-state index in [1.165, 1.54) is 21.3 Å². The summed E-state index contributed by atoms with van der Waals surface area (Å²) in [6.07, 6.45) is 0. The summed E-state index contributed by atoms with van der Waals surface area (Å²) in [5.74, 6) is -0.922. The number of benzene rings is 1. The monoisotopic (exact) mass is 433 g/mol. The molecule has 11 heteroatoms. The third-order valence-corrected chi connectivity index (χ3v) is 6.99. The van der Waals surface area contributed by atoms with Gasteiger partial charge in [-0.05, 0) is 43.7 Å². The number of sulfonamides is 1. The zero-order valence-electron chi connectivity index (χ0n) is 16.5. The van der Waals surface area contributed by atoms with Crippen LogP contribution in [0.1, 0.15) is 16.8 Å². The molecule has 0 saturated carbocycles. The summed E-state index contributed by atoms with van der Waals surface area (Å²) in [6.45, 7) is 3.37. The summed E-state index contributed by atoms with van der Waals surface area (Å²) in [7, 11) is -3.79. The van der Waals surface area contributed by atoms with Gasteiger partial charge in [0.1, 0.15) is 24.0 Å². The minimum absolute atomic E-state index is 0.0152. The number of rotatable bonds is 4. The van der Waals surface area contributed by atoms with Gasteiger partial charge in [-0.1, -0.05) is 0 Å². The standard InChI is InChI=1S/C19H20FN5O4S/c1-13-14(2)22-25(19(27)17(13)11-21)12-18(26)23-7-9-24(10-8-23)30(28,29)16-5-3-15(20)4-6-16/h3-6H,7-10,12H2,1-2H3. The molecule has 0 bridgehead atoms. The van der Waals surface area contributed by atoms with E-state index >= 15 is 0 Å². The molecule has 0 spiro atoms. The molecule has 2 aromatic rings. The molecule has 1 amide bonds. The molecule has 1 aromatic heterocycles. The highest BCUT2D eigenvalue weighted by Crippen LogP contribution is 2.18. The number of hydrogen-bond acceptors (Lipinski definition) is 6. The Morgan fingerprint density at radius 3 is 2.33 bits per heavy atom. The van der Waals surface area contributed by atoms with Crippen LogP contribution in [0.4, 0.5) is 4.39 Å². The van der Waals surface area contributed by atoms with Crippen molar-refractivity contribution in [3.63, 3.8) is 0 Å². The number of amides is 1. The van der Waals surface area contributed by atoms with Crippen LogP contribution in [0.15, 0.2) is 34.0 Å². The molecule has 1 aliphatic heterocycles. The highest BCUT2D eigenvalue weighted by atomic mass is 32.2. The van der Waals surface area contributed by atoms with E-state index in [1.807, 2.05) is 6.07 Å². The van der Waals surface area contributed by atoms with Gasteiger partial charge >= 0.3 is 0 Å². The molecular formula is C19H20FN5O4S. The largest absolute Gasteiger partial charge is 0.338 e. The summed E-state index contributed by atoms with van der Waals surface area (Å²) in [5.41, 5.74) is 0.275. The fraction of sp³-hybridized carbons (Fsp3) is 0.368. The Morgan fingerprint density at radius 2 is 1.77 bits per heavy atom. The van der Waals surface area contributed by atoms with Crippen molar-refractivity contribution in [2.75, 3.05) is 26.2 Å². The minimum Gasteiger partial charge on any atom is -0.338 e. The Balaban J connectivity index is 1.69. The smallest absolute Gasteiger partial charge is 0.285 e. The second-order valence-electron chi connectivity index (χ2n) is 6.90. The van der Waals surface area contributed by atoms with E-state index in [2.05, 4.69) is 5.10 Å². The molecule has 158 valence electrons. The third-order valence-electron chi connectivity index (χ3n) is 5.08. The van der Waals surface area contributed by atoms with Gasteiger partial charge in [0.15, 0.2) is 0 Å². The average molecular weight is 433 g/mol. The molecule has 1 fully saturated rings. The van der Waals surface area contributed by atoms with Crippen LogP contribution in [0.3, 0.4) is 0 Å². The lowest BCUT2D eigenvalue weighted by atomic mass is 10.1. The Hall–Kier alpha value is -3.10. The van der Waals surface area contributed by atoms with Gasteiger partial charge in [-0.15, -0.1) is 0 Å². The predicted octanol–water partition coefficient (Wildman–Crippen LogP) is 0.404. The molecule has 0 atom stereocenters. The molecular weight excluding hydrogens is 413 g/mol. The molecule has 9 nitrogen and oxygen atoms in total. The van der Waals surface area contributed by atoms with E-state index in [1.54, 1.807) is 13.8 Å². The molecule has 0 N–H and O–H groups in total. The van der Waals surface area contributed by atoms with Crippen LogP contribution in [0.25, 0.3) is 0 Å². The molecule has 1 aliphatic rings. The molecule has 30 heavy (non-hydrogen) atoms. The Labute approximate surface area is 173 Å². The van der Waals surface area contributed by atoms with E-state index < -0.39 is 27.3 Å². The summed E-state index contributed by atoms with van der Waals surface area (Å²) in [4.78, 5) is 26.4. The summed E-state index contributed by atoms with van der Waals surface area (Å²) < 4.78 is 40.6. The van der Waals surface area contributed by atoms with E-state index in [-0.39, 0.29) is 43.2 Å². The summed E-state index contributed by atoms with van der Waals surface area (Å²) in [5, 5.41) is 13.3. The molecule has 3 rings (SSSR count). The molecule has 0 unspecified atom stereocenters. The highest BCUT2D eigenvalue weighted by Gasteiger charge is 2.30. The maximum absolute atomic E-state index is 13.1. The maximum Gasteiger partial charge on any atom is 0.285 e. The van der Waals surface area contributed by atoms with E-state index in [4.69, 9.17) is 0 Å². The van der Waals surface area contributed by atoms with Crippen LogP contribution < -0.4 is 5.56 Å². The molecule has 2 heterocycles. The fourth-order valence-corrected chi connectivity index (χ4v) is 4.59. The minimum atomic E-state index is -3.79. The quantitative estimate of drug-likeness (QED) is 0.689. The Bertz CT molecular complexity index is 1180. The normalized spacial score (nSPS) is 15.1. The van der Waals surface area contributed by atoms with Crippen molar-refractivity contribution in [1.29, 1.82) is 5.26 Å². The van der Waals surface area contributed by atoms with Crippen LogP contribution in [-0.4, -0.2) is 59.5 Å². The summed E-state index contributed by atoms with van der Waals surface area (Å²) in [6, 6.07) is 6.41. The second kappa shape index (κ2) is 8.33. The van der Waals surface area contributed by atoms with Crippen LogP contribution >= 0.6 is 0 Å². The number of carbonyl (C=O) groups is 1. The highest BCUT2D eigenvalue weighted by molar-refractivity contribution is 7.89. The topological polar surface area (TPSA) is 116 Å². The first-order valence-corrected chi connectivity index (χ1v) is 10.6. The van der Waals surface area contributed by atoms with Crippen molar-refractivity contribution in [3.05, 3.63) is 57.3 Å². The number of halogens is 1. The number of nitrogens with zero attached hydrogens (tertiary/aromatic N) is 5. The van der Waals surface area contributed by atoms with Crippen molar-refractivity contribution in [2.24, 2.45) is 0 Å². The van der Waals surface area contributed by atoms with Crippen molar-refractivity contribution in [3.8, 4) is 6.07 Å². The van der Waals surface area contributed by atoms with Crippen molar-refractivity contribution >= 4 is 15.9 Å². The molecule has 1 aromatic carbocycles. The number of aryl methyl sites for hydroxylation is 1. The zero-order chi connectivity index (χ0) is 22.1. The Morgan fingerprint density at radius 1 is 1.17 bits per heavy atom. The van der Waals surface area contributed by atoms with Gasteiger partial charge < -0.3 is 4.90 Å². The molecule has 1 saturated heterocycles. The Kier molecular flexibility index (Phi) is 6.00. The van der Waals surface area contributed by atoms with Gasteiger partial charge in [0.2, 0.25) is 15.9 Å². The first kappa shape index (κ1) is 21.6. The third kappa shape index (κ3) is 4.10.